The minimum atomic E-state index is 0.394. The third-order valence-electron chi connectivity index (χ3n) is 3.39. The topological polar surface area (TPSA) is 12.0 Å². The van der Waals surface area contributed by atoms with Crippen LogP contribution in [0.1, 0.15) is 39.4 Å². The Morgan fingerprint density at radius 2 is 1.95 bits per heavy atom. The van der Waals surface area contributed by atoms with Crippen LogP contribution in [0.5, 0.6) is 0 Å². The Bertz CT molecular complexity index is 574. The molecule has 0 aliphatic rings. The van der Waals surface area contributed by atoms with Crippen molar-refractivity contribution in [2.75, 3.05) is 0 Å². The molecule has 1 aromatic carbocycles. The summed E-state index contributed by atoms with van der Waals surface area (Å²) in [6.45, 7) is 9.62. The van der Waals surface area contributed by atoms with Gasteiger partial charge in [0.15, 0.2) is 0 Å². The average Bonchev–Trinajstić information content (AvgIpc) is 2.70. The second-order valence-corrected chi connectivity index (χ2v) is 7.37. The van der Waals surface area contributed by atoms with Gasteiger partial charge in [0.2, 0.25) is 0 Å². The van der Waals surface area contributed by atoms with Crippen molar-refractivity contribution in [2.45, 2.75) is 40.3 Å². The summed E-state index contributed by atoms with van der Waals surface area (Å²) in [5, 5.41) is 3.60. The highest BCUT2D eigenvalue weighted by atomic mass is 79.9. The van der Waals surface area contributed by atoms with Gasteiger partial charge in [0.1, 0.15) is 0 Å². The number of nitrogens with one attached hydrogen (secondary N) is 1. The van der Waals surface area contributed by atoms with Gasteiger partial charge >= 0.3 is 0 Å². The van der Waals surface area contributed by atoms with Crippen LogP contribution in [0.4, 0.5) is 0 Å². The van der Waals surface area contributed by atoms with Crippen LogP contribution < -0.4 is 5.32 Å². The van der Waals surface area contributed by atoms with Gasteiger partial charge in [-0.2, -0.15) is 0 Å². The fraction of sp³-hybridized carbons (Fsp3) is 0.375. The SMILES string of the molecule is Cc1cc(C(C)NCc2ccc(C)c(Br)c2)c(C)s1. The molecule has 3 heteroatoms. The maximum absolute atomic E-state index is 3.60. The van der Waals surface area contributed by atoms with Crippen LogP contribution in [-0.2, 0) is 6.54 Å². The molecule has 1 unspecified atom stereocenters. The molecule has 0 amide bonds. The lowest BCUT2D eigenvalue weighted by molar-refractivity contribution is 0.574. The molecule has 1 atom stereocenters. The third kappa shape index (κ3) is 3.68. The molecule has 0 aliphatic heterocycles. The Hall–Kier alpha value is -0.640. The number of benzene rings is 1. The second kappa shape index (κ2) is 6.21. The number of thiophene rings is 1. The predicted molar refractivity (Wildman–Crippen MR) is 87.9 cm³/mol. The number of hydrogen-bond acceptors (Lipinski definition) is 2. The predicted octanol–water partition coefficient (Wildman–Crippen LogP) is 5.29. The maximum atomic E-state index is 3.60. The average molecular weight is 338 g/mol. The molecule has 0 saturated heterocycles. The lowest BCUT2D eigenvalue weighted by atomic mass is 10.1. The zero-order chi connectivity index (χ0) is 14.0. The first-order valence-corrected chi connectivity index (χ1v) is 8.13. The summed E-state index contributed by atoms with van der Waals surface area (Å²) in [7, 11) is 0. The molecule has 1 nitrogen and oxygen atoms in total. The van der Waals surface area contributed by atoms with Gasteiger partial charge in [-0.25, -0.2) is 0 Å². The molecule has 2 rings (SSSR count). The summed E-state index contributed by atoms with van der Waals surface area (Å²) >= 11 is 5.46. The van der Waals surface area contributed by atoms with Gasteiger partial charge in [-0.1, -0.05) is 28.1 Å². The normalized spacial score (nSPS) is 12.7. The van der Waals surface area contributed by atoms with E-state index in [1.807, 2.05) is 11.3 Å². The number of halogens is 1. The van der Waals surface area contributed by atoms with Crippen molar-refractivity contribution in [2.24, 2.45) is 0 Å². The Labute approximate surface area is 128 Å². The molecule has 0 spiro atoms. The molecule has 1 heterocycles. The minimum absolute atomic E-state index is 0.394. The van der Waals surface area contributed by atoms with Crippen LogP contribution in [0, 0.1) is 20.8 Å². The van der Waals surface area contributed by atoms with Crippen molar-refractivity contribution < 1.29 is 0 Å². The van der Waals surface area contributed by atoms with Crippen LogP contribution in [0.3, 0.4) is 0 Å². The van der Waals surface area contributed by atoms with Crippen molar-refractivity contribution in [1.82, 2.24) is 5.32 Å². The van der Waals surface area contributed by atoms with E-state index in [1.165, 1.54) is 30.9 Å². The van der Waals surface area contributed by atoms with E-state index in [1.54, 1.807) is 0 Å². The van der Waals surface area contributed by atoms with Gasteiger partial charge in [0, 0.05) is 26.8 Å². The Balaban J connectivity index is 2.02. The molecule has 1 N–H and O–H groups in total. The van der Waals surface area contributed by atoms with E-state index < -0.39 is 0 Å². The Kier molecular flexibility index (Phi) is 4.82. The van der Waals surface area contributed by atoms with Gasteiger partial charge in [-0.15, -0.1) is 11.3 Å². The van der Waals surface area contributed by atoms with E-state index in [0.29, 0.717) is 6.04 Å². The smallest absolute Gasteiger partial charge is 0.0305 e. The van der Waals surface area contributed by atoms with Crippen LogP contribution in [0.2, 0.25) is 0 Å². The molecular weight excluding hydrogens is 318 g/mol. The van der Waals surface area contributed by atoms with E-state index in [0.717, 1.165) is 6.54 Å². The highest BCUT2D eigenvalue weighted by Crippen LogP contribution is 2.26. The summed E-state index contributed by atoms with van der Waals surface area (Å²) in [5.41, 5.74) is 4.02. The largest absolute Gasteiger partial charge is 0.306 e. The zero-order valence-corrected chi connectivity index (χ0v) is 14.3. The Morgan fingerprint density at radius 3 is 2.53 bits per heavy atom. The molecule has 1 aromatic heterocycles. The third-order valence-corrected chi connectivity index (χ3v) is 5.23. The summed E-state index contributed by atoms with van der Waals surface area (Å²) in [6.07, 6.45) is 0. The lowest BCUT2D eigenvalue weighted by Crippen LogP contribution is -2.18. The van der Waals surface area contributed by atoms with Crippen LogP contribution >= 0.6 is 27.3 Å². The Morgan fingerprint density at radius 1 is 1.21 bits per heavy atom. The van der Waals surface area contributed by atoms with Gasteiger partial charge in [-0.05, 0) is 56.5 Å². The standard InChI is InChI=1S/C16H20BrNS/c1-10-5-6-14(8-16(10)17)9-18-12(3)15-7-11(2)19-13(15)4/h5-8,12,18H,9H2,1-4H3. The van der Waals surface area contributed by atoms with Crippen molar-refractivity contribution >= 4 is 27.3 Å². The van der Waals surface area contributed by atoms with Gasteiger partial charge < -0.3 is 5.32 Å². The number of hydrogen-bond donors (Lipinski definition) is 1. The van der Waals surface area contributed by atoms with E-state index >= 15 is 0 Å². The van der Waals surface area contributed by atoms with E-state index in [9.17, 15) is 0 Å². The molecule has 0 aliphatic carbocycles. The molecular formula is C16H20BrNS. The van der Waals surface area contributed by atoms with Gasteiger partial charge in [-0.3, -0.25) is 0 Å². The minimum Gasteiger partial charge on any atom is -0.306 e. The highest BCUT2D eigenvalue weighted by molar-refractivity contribution is 9.10. The van der Waals surface area contributed by atoms with Crippen molar-refractivity contribution in [1.29, 1.82) is 0 Å². The summed E-state index contributed by atoms with van der Waals surface area (Å²) in [4.78, 5) is 2.81. The van der Waals surface area contributed by atoms with Crippen LogP contribution in [0.25, 0.3) is 0 Å². The lowest BCUT2D eigenvalue weighted by Gasteiger charge is -2.14. The molecule has 102 valence electrons. The molecule has 0 bridgehead atoms. The van der Waals surface area contributed by atoms with E-state index in [4.69, 9.17) is 0 Å². The molecule has 19 heavy (non-hydrogen) atoms. The number of aryl methyl sites for hydroxylation is 3. The maximum Gasteiger partial charge on any atom is 0.0305 e. The fourth-order valence-electron chi connectivity index (χ4n) is 2.21. The monoisotopic (exact) mass is 337 g/mol. The van der Waals surface area contributed by atoms with E-state index in [2.05, 4.69) is 73.2 Å². The summed E-state index contributed by atoms with van der Waals surface area (Å²) in [6, 6.07) is 9.23. The highest BCUT2D eigenvalue weighted by Gasteiger charge is 2.10. The quantitative estimate of drug-likeness (QED) is 0.799. The first-order valence-electron chi connectivity index (χ1n) is 6.52. The summed E-state index contributed by atoms with van der Waals surface area (Å²) < 4.78 is 1.18. The van der Waals surface area contributed by atoms with Crippen molar-refractivity contribution in [3.8, 4) is 0 Å². The van der Waals surface area contributed by atoms with Crippen molar-refractivity contribution in [3.63, 3.8) is 0 Å². The molecule has 0 saturated carbocycles. The van der Waals surface area contributed by atoms with Gasteiger partial charge in [0.25, 0.3) is 0 Å². The first-order chi connectivity index (χ1) is 8.97. The molecule has 0 fully saturated rings. The van der Waals surface area contributed by atoms with Crippen LogP contribution in [0.15, 0.2) is 28.7 Å². The molecule has 0 radical (unpaired) electrons. The van der Waals surface area contributed by atoms with Gasteiger partial charge in [0.05, 0.1) is 0 Å². The number of rotatable bonds is 4. The summed E-state index contributed by atoms with van der Waals surface area (Å²) in [5.74, 6) is 0. The van der Waals surface area contributed by atoms with Crippen LogP contribution in [-0.4, -0.2) is 0 Å². The zero-order valence-electron chi connectivity index (χ0n) is 11.9. The van der Waals surface area contributed by atoms with Crippen molar-refractivity contribution in [3.05, 3.63) is 55.2 Å². The second-order valence-electron chi connectivity index (χ2n) is 5.05. The van der Waals surface area contributed by atoms with E-state index in [-0.39, 0.29) is 0 Å². The fourth-order valence-corrected chi connectivity index (χ4v) is 3.66. The first kappa shape index (κ1) is 14.8. The molecule has 2 aromatic rings.